The van der Waals surface area contributed by atoms with Gasteiger partial charge in [0.1, 0.15) is 10.5 Å². The zero-order valence-electron chi connectivity index (χ0n) is 17.2. The average molecular weight is 438 g/mol. The van der Waals surface area contributed by atoms with E-state index in [2.05, 4.69) is 16.8 Å². The van der Waals surface area contributed by atoms with E-state index in [1.807, 2.05) is 73.8 Å². The second kappa shape index (κ2) is 10.3. The molecule has 0 aliphatic carbocycles. The highest BCUT2D eigenvalue weighted by Gasteiger charge is 2.31. The van der Waals surface area contributed by atoms with Crippen molar-refractivity contribution in [2.75, 3.05) is 13.7 Å². The van der Waals surface area contributed by atoms with Crippen LogP contribution in [-0.4, -0.2) is 29.4 Å². The van der Waals surface area contributed by atoms with Crippen molar-refractivity contribution in [3.63, 3.8) is 0 Å². The Morgan fingerprint density at radius 3 is 2.40 bits per heavy atom. The van der Waals surface area contributed by atoms with Gasteiger partial charge in [-0.25, -0.2) is 4.98 Å². The number of rotatable bonds is 7. The summed E-state index contributed by atoms with van der Waals surface area (Å²) in [5.74, 6) is 6.84. The molecule has 6 heteroatoms. The molecule has 0 unspecified atom stereocenters. The molecule has 0 saturated carbocycles. The van der Waals surface area contributed by atoms with Gasteiger partial charge < -0.3 is 9.47 Å². The number of thioether (sulfide) groups is 1. The van der Waals surface area contributed by atoms with Crippen molar-refractivity contribution in [1.82, 2.24) is 4.98 Å². The standard InChI is InChI=1S/C24H23NO3S2/c1-24(2,22(26)27-3)30-23-25-20(17-29-23)15-16-28-21-13-11-19(12-14-21)10-9-18-7-5-4-6-8-18/h4-8,11-14,17H,15-16H2,1-3H3. The fraction of sp³-hybridized carbons (Fsp3) is 0.250. The largest absolute Gasteiger partial charge is 0.493 e. The molecule has 3 aromatic rings. The first-order valence-electron chi connectivity index (χ1n) is 9.48. The Balaban J connectivity index is 1.48. The minimum absolute atomic E-state index is 0.260. The molecule has 0 aliphatic rings. The smallest absolute Gasteiger partial charge is 0.321 e. The fourth-order valence-corrected chi connectivity index (χ4v) is 4.83. The summed E-state index contributed by atoms with van der Waals surface area (Å²) >= 11 is 2.94. The monoisotopic (exact) mass is 437 g/mol. The summed E-state index contributed by atoms with van der Waals surface area (Å²) in [7, 11) is 1.40. The lowest BCUT2D eigenvalue weighted by Gasteiger charge is -2.18. The summed E-state index contributed by atoms with van der Waals surface area (Å²) in [6.07, 6.45) is 0.700. The van der Waals surface area contributed by atoms with Gasteiger partial charge in [0.2, 0.25) is 0 Å². The summed E-state index contributed by atoms with van der Waals surface area (Å²) < 4.78 is 10.9. The molecule has 0 spiro atoms. The van der Waals surface area contributed by atoms with Crippen LogP contribution in [0.2, 0.25) is 0 Å². The molecule has 30 heavy (non-hydrogen) atoms. The van der Waals surface area contributed by atoms with E-state index in [0.717, 1.165) is 26.9 Å². The zero-order valence-corrected chi connectivity index (χ0v) is 18.8. The Morgan fingerprint density at radius 1 is 1.07 bits per heavy atom. The van der Waals surface area contributed by atoms with Gasteiger partial charge in [-0.15, -0.1) is 11.3 Å². The number of thiazole rings is 1. The normalized spacial score (nSPS) is 10.8. The highest BCUT2D eigenvalue weighted by molar-refractivity contribution is 8.03. The number of hydrogen-bond donors (Lipinski definition) is 0. The predicted molar refractivity (Wildman–Crippen MR) is 122 cm³/mol. The molecule has 0 bridgehead atoms. The van der Waals surface area contributed by atoms with Crippen LogP contribution in [0.4, 0.5) is 0 Å². The lowest BCUT2D eigenvalue weighted by Crippen LogP contribution is -2.28. The molecular weight excluding hydrogens is 414 g/mol. The molecule has 154 valence electrons. The molecule has 1 heterocycles. The first kappa shape index (κ1) is 21.9. The first-order chi connectivity index (χ1) is 14.5. The highest BCUT2D eigenvalue weighted by Crippen LogP contribution is 2.35. The summed E-state index contributed by atoms with van der Waals surface area (Å²) in [6, 6.07) is 17.7. The van der Waals surface area contributed by atoms with Crippen LogP contribution in [-0.2, 0) is 16.0 Å². The third kappa shape index (κ3) is 6.38. The van der Waals surface area contributed by atoms with Gasteiger partial charge in [-0.2, -0.15) is 0 Å². The first-order valence-corrected chi connectivity index (χ1v) is 11.2. The summed E-state index contributed by atoms with van der Waals surface area (Å²) in [5.41, 5.74) is 2.89. The molecule has 4 nitrogen and oxygen atoms in total. The third-order valence-corrected chi connectivity index (χ3v) is 6.32. The van der Waals surface area contributed by atoms with Crippen molar-refractivity contribution in [1.29, 1.82) is 0 Å². The minimum Gasteiger partial charge on any atom is -0.493 e. The molecule has 0 saturated heterocycles. The maximum Gasteiger partial charge on any atom is 0.321 e. The second-order valence-electron chi connectivity index (χ2n) is 6.95. The Bertz CT molecular complexity index is 1030. The Hall–Kier alpha value is -2.75. The number of carbonyl (C=O) groups is 1. The molecule has 0 radical (unpaired) electrons. The van der Waals surface area contributed by atoms with Crippen LogP contribution in [0.3, 0.4) is 0 Å². The van der Waals surface area contributed by atoms with E-state index in [0.29, 0.717) is 13.0 Å². The van der Waals surface area contributed by atoms with Crippen LogP contribution >= 0.6 is 23.1 Å². The van der Waals surface area contributed by atoms with Crippen molar-refractivity contribution in [2.45, 2.75) is 29.4 Å². The van der Waals surface area contributed by atoms with Crippen molar-refractivity contribution >= 4 is 29.1 Å². The van der Waals surface area contributed by atoms with E-state index in [1.165, 1.54) is 30.2 Å². The number of hydrogen-bond acceptors (Lipinski definition) is 6. The number of ether oxygens (including phenoxy) is 2. The molecule has 2 aromatic carbocycles. The van der Waals surface area contributed by atoms with Gasteiger partial charge in [0.25, 0.3) is 0 Å². The van der Waals surface area contributed by atoms with E-state index in [1.54, 1.807) is 0 Å². The third-order valence-electron chi connectivity index (χ3n) is 4.16. The highest BCUT2D eigenvalue weighted by atomic mass is 32.2. The van der Waals surface area contributed by atoms with Crippen LogP contribution < -0.4 is 4.74 Å². The van der Waals surface area contributed by atoms with E-state index in [4.69, 9.17) is 9.47 Å². The van der Waals surface area contributed by atoms with Crippen LogP contribution in [0.1, 0.15) is 30.7 Å². The molecule has 3 rings (SSSR count). The van der Waals surface area contributed by atoms with E-state index < -0.39 is 4.75 Å². The molecule has 0 fully saturated rings. The SMILES string of the molecule is COC(=O)C(C)(C)Sc1nc(CCOc2ccc(C#Cc3ccccc3)cc2)cs1. The van der Waals surface area contributed by atoms with E-state index in [9.17, 15) is 4.79 Å². The zero-order chi connectivity index (χ0) is 21.4. The van der Waals surface area contributed by atoms with Gasteiger partial charge in [-0.1, -0.05) is 41.8 Å². The number of methoxy groups -OCH3 is 1. The van der Waals surface area contributed by atoms with Gasteiger partial charge in [0.15, 0.2) is 4.34 Å². The van der Waals surface area contributed by atoms with Gasteiger partial charge in [0, 0.05) is 22.9 Å². The van der Waals surface area contributed by atoms with Crippen LogP contribution in [0.25, 0.3) is 0 Å². The minimum atomic E-state index is -0.661. The van der Waals surface area contributed by atoms with Crippen LogP contribution in [0, 0.1) is 11.8 Å². The number of aromatic nitrogens is 1. The molecule has 0 N–H and O–H groups in total. The lowest BCUT2D eigenvalue weighted by molar-refractivity contribution is -0.142. The van der Waals surface area contributed by atoms with Crippen molar-refractivity contribution in [3.8, 4) is 17.6 Å². The maximum absolute atomic E-state index is 11.8. The Labute approximate surface area is 185 Å². The molecule has 0 aliphatic heterocycles. The molecule has 1 aromatic heterocycles. The average Bonchev–Trinajstić information content (AvgIpc) is 3.19. The van der Waals surface area contributed by atoms with Crippen LogP contribution in [0.5, 0.6) is 5.75 Å². The van der Waals surface area contributed by atoms with Crippen molar-refractivity contribution in [2.24, 2.45) is 0 Å². The van der Waals surface area contributed by atoms with E-state index in [-0.39, 0.29) is 5.97 Å². The summed E-state index contributed by atoms with van der Waals surface area (Å²) in [6.45, 7) is 4.20. The van der Waals surface area contributed by atoms with Crippen molar-refractivity contribution in [3.05, 3.63) is 76.8 Å². The summed E-state index contributed by atoms with van der Waals surface area (Å²) in [4.78, 5) is 16.4. The fourth-order valence-electron chi connectivity index (χ4n) is 2.53. The van der Waals surface area contributed by atoms with Gasteiger partial charge >= 0.3 is 5.97 Å². The Morgan fingerprint density at radius 2 is 1.73 bits per heavy atom. The number of nitrogens with zero attached hydrogens (tertiary/aromatic N) is 1. The predicted octanol–water partition coefficient (Wildman–Crippen LogP) is 5.21. The van der Waals surface area contributed by atoms with Gasteiger partial charge in [-0.3, -0.25) is 4.79 Å². The van der Waals surface area contributed by atoms with E-state index >= 15 is 0 Å². The number of carbonyl (C=O) groups excluding carboxylic acids is 1. The summed E-state index contributed by atoms with van der Waals surface area (Å²) in [5, 5.41) is 2.00. The molecule has 0 amide bonds. The quantitative estimate of drug-likeness (QED) is 0.289. The molecular formula is C24H23NO3S2. The lowest BCUT2D eigenvalue weighted by atomic mass is 10.2. The van der Waals surface area contributed by atoms with Gasteiger partial charge in [-0.05, 0) is 50.2 Å². The van der Waals surface area contributed by atoms with Gasteiger partial charge in [0.05, 0.1) is 19.4 Å². The topological polar surface area (TPSA) is 48.4 Å². The second-order valence-corrected chi connectivity index (χ2v) is 9.68. The van der Waals surface area contributed by atoms with Crippen LogP contribution in [0.15, 0.2) is 64.3 Å². The molecule has 0 atom stereocenters. The maximum atomic E-state index is 11.8. The number of benzene rings is 2. The number of esters is 1. The Kier molecular flexibility index (Phi) is 7.56. The van der Waals surface area contributed by atoms with Crippen molar-refractivity contribution < 1.29 is 14.3 Å².